The number of anilines is 1. The van der Waals surface area contributed by atoms with Crippen LogP contribution in [0, 0.1) is 23.7 Å². The number of rotatable bonds is 2. The number of pyridine rings is 1. The molecule has 0 radical (unpaired) electrons. The molecule has 112 valence electrons. The lowest BCUT2D eigenvalue weighted by Crippen LogP contribution is -2.32. The van der Waals surface area contributed by atoms with Crippen LogP contribution >= 0.6 is 0 Å². The quantitative estimate of drug-likeness (QED) is 0.808. The first-order valence-corrected chi connectivity index (χ1v) is 7.06. The highest BCUT2D eigenvalue weighted by Gasteiger charge is 2.41. The van der Waals surface area contributed by atoms with Gasteiger partial charge in [-0.25, -0.2) is 4.98 Å². The molecule has 0 aliphatic carbocycles. The summed E-state index contributed by atoms with van der Waals surface area (Å²) in [5.41, 5.74) is 0.513. The van der Waals surface area contributed by atoms with Crippen LogP contribution < -0.4 is 5.32 Å². The molecule has 2 rings (SSSR count). The van der Waals surface area contributed by atoms with Crippen molar-refractivity contribution in [2.24, 2.45) is 11.8 Å². The molecular formula is C16H20N2O3. The van der Waals surface area contributed by atoms with Gasteiger partial charge in [0, 0.05) is 0 Å². The van der Waals surface area contributed by atoms with Crippen molar-refractivity contribution in [2.45, 2.75) is 33.0 Å². The molecule has 0 aromatic carbocycles. The first kappa shape index (κ1) is 15.5. The molecule has 1 aromatic rings. The Balaban J connectivity index is 2.09. The van der Waals surface area contributed by atoms with Gasteiger partial charge in [-0.2, -0.15) is 0 Å². The third kappa shape index (κ3) is 3.60. The van der Waals surface area contributed by atoms with Crippen LogP contribution in [0.2, 0.25) is 0 Å². The second-order valence-electron chi connectivity index (χ2n) is 5.29. The van der Waals surface area contributed by atoms with Gasteiger partial charge >= 0.3 is 0 Å². The highest BCUT2D eigenvalue weighted by atomic mass is 16.5. The van der Waals surface area contributed by atoms with Crippen LogP contribution in [-0.2, 0) is 9.53 Å². The van der Waals surface area contributed by atoms with E-state index in [-0.39, 0.29) is 36.6 Å². The van der Waals surface area contributed by atoms with Gasteiger partial charge in [-0.05, 0) is 37.8 Å². The van der Waals surface area contributed by atoms with E-state index in [2.05, 4.69) is 22.1 Å². The minimum atomic E-state index is -0.218. The van der Waals surface area contributed by atoms with E-state index in [1.165, 1.54) is 0 Å². The number of hydrogen-bond donors (Lipinski definition) is 2. The molecule has 0 bridgehead atoms. The number of nitrogens with zero attached hydrogens (tertiary/aromatic N) is 1. The summed E-state index contributed by atoms with van der Waals surface area (Å²) < 4.78 is 5.69. The van der Waals surface area contributed by atoms with Crippen molar-refractivity contribution in [3.8, 4) is 11.8 Å². The van der Waals surface area contributed by atoms with Crippen molar-refractivity contribution in [3.63, 3.8) is 0 Å². The summed E-state index contributed by atoms with van der Waals surface area (Å²) in [4.78, 5) is 16.6. The summed E-state index contributed by atoms with van der Waals surface area (Å²) in [5.74, 6) is 5.60. The van der Waals surface area contributed by atoms with Gasteiger partial charge in [-0.15, -0.1) is 0 Å². The lowest BCUT2D eigenvalue weighted by Gasteiger charge is -2.17. The van der Waals surface area contributed by atoms with Crippen molar-refractivity contribution in [2.75, 3.05) is 11.9 Å². The number of amides is 1. The first-order valence-electron chi connectivity index (χ1n) is 7.06. The monoisotopic (exact) mass is 288 g/mol. The fourth-order valence-electron chi connectivity index (χ4n) is 2.63. The molecular weight excluding hydrogens is 268 g/mol. The van der Waals surface area contributed by atoms with Gasteiger partial charge in [-0.1, -0.05) is 18.9 Å². The van der Waals surface area contributed by atoms with Crippen LogP contribution in [0.3, 0.4) is 0 Å². The van der Waals surface area contributed by atoms with E-state index in [1.807, 2.05) is 20.8 Å². The second kappa shape index (κ2) is 6.70. The Labute approximate surface area is 124 Å². The Morgan fingerprint density at radius 1 is 1.38 bits per heavy atom. The normalized spacial score (nSPS) is 27.8. The van der Waals surface area contributed by atoms with Crippen LogP contribution in [0.15, 0.2) is 18.2 Å². The zero-order chi connectivity index (χ0) is 15.4. The van der Waals surface area contributed by atoms with Crippen molar-refractivity contribution in [1.29, 1.82) is 0 Å². The zero-order valence-corrected chi connectivity index (χ0v) is 12.5. The standard InChI is InChI=1S/C16H20N2O3/c1-10-11(2)21-12(3)15(10)16(20)18-14-8-4-6-13(17-14)7-5-9-19/h4,6,8,10-12,15,19H,9H2,1-3H3,(H,17,18,20). The minimum absolute atomic E-state index is 0.0745. The molecule has 1 aliphatic rings. The maximum absolute atomic E-state index is 12.4. The second-order valence-corrected chi connectivity index (χ2v) is 5.29. The van der Waals surface area contributed by atoms with Crippen LogP contribution in [0.5, 0.6) is 0 Å². The number of carbonyl (C=O) groups excluding carboxylic acids is 1. The van der Waals surface area contributed by atoms with E-state index in [0.717, 1.165) is 0 Å². The van der Waals surface area contributed by atoms with E-state index in [4.69, 9.17) is 9.84 Å². The smallest absolute Gasteiger partial charge is 0.231 e. The molecule has 4 atom stereocenters. The van der Waals surface area contributed by atoms with Crippen molar-refractivity contribution in [3.05, 3.63) is 23.9 Å². The number of carbonyl (C=O) groups is 1. The van der Waals surface area contributed by atoms with Gasteiger partial charge in [0.25, 0.3) is 0 Å². The van der Waals surface area contributed by atoms with Gasteiger partial charge in [0.1, 0.15) is 18.1 Å². The molecule has 1 aliphatic heterocycles. The molecule has 1 aromatic heterocycles. The topological polar surface area (TPSA) is 71.5 Å². The van der Waals surface area contributed by atoms with Crippen LogP contribution in [-0.4, -0.2) is 34.8 Å². The first-order chi connectivity index (χ1) is 10.0. The highest BCUT2D eigenvalue weighted by Crippen LogP contribution is 2.32. The third-order valence-corrected chi connectivity index (χ3v) is 3.84. The van der Waals surface area contributed by atoms with E-state index in [9.17, 15) is 4.79 Å². The van der Waals surface area contributed by atoms with Crippen LogP contribution in [0.25, 0.3) is 0 Å². The van der Waals surface area contributed by atoms with Gasteiger partial charge in [0.2, 0.25) is 5.91 Å². The van der Waals surface area contributed by atoms with Gasteiger partial charge in [-0.3, -0.25) is 4.79 Å². The summed E-state index contributed by atoms with van der Waals surface area (Å²) in [5, 5.41) is 11.5. The molecule has 5 heteroatoms. The molecule has 1 amide bonds. The van der Waals surface area contributed by atoms with Gasteiger partial charge in [0.05, 0.1) is 18.1 Å². The average molecular weight is 288 g/mol. The highest BCUT2D eigenvalue weighted by molar-refractivity contribution is 5.92. The molecule has 5 nitrogen and oxygen atoms in total. The van der Waals surface area contributed by atoms with E-state index < -0.39 is 0 Å². The SMILES string of the molecule is CC1OC(C)C(C(=O)Nc2cccc(C#CCO)n2)C1C. The predicted octanol–water partition coefficient (Wildman–Crippen LogP) is 1.42. The summed E-state index contributed by atoms with van der Waals surface area (Å²) in [7, 11) is 0. The van der Waals surface area contributed by atoms with Gasteiger partial charge in [0.15, 0.2) is 0 Å². The van der Waals surface area contributed by atoms with E-state index in [0.29, 0.717) is 11.5 Å². The summed E-state index contributed by atoms with van der Waals surface area (Å²) >= 11 is 0. The Hall–Kier alpha value is -1.90. The maximum Gasteiger partial charge on any atom is 0.231 e. The number of ether oxygens (including phenoxy) is 1. The Kier molecular flexibility index (Phi) is 4.94. The van der Waals surface area contributed by atoms with E-state index in [1.54, 1.807) is 18.2 Å². The van der Waals surface area contributed by atoms with Crippen LogP contribution in [0.4, 0.5) is 5.82 Å². The Bertz CT molecular complexity index is 576. The number of aliphatic hydroxyl groups is 1. The molecule has 1 saturated heterocycles. The fraction of sp³-hybridized carbons (Fsp3) is 0.500. The molecule has 21 heavy (non-hydrogen) atoms. The van der Waals surface area contributed by atoms with Crippen molar-refractivity contribution < 1.29 is 14.6 Å². The van der Waals surface area contributed by atoms with Crippen LogP contribution in [0.1, 0.15) is 26.5 Å². The number of aliphatic hydroxyl groups excluding tert-OH is 1. The van der Waals surface area contributed by atoms with Crippen molar-refractivity contribution in [1.82, 2.24) is 4.98 Å². The number of hydrogen-bond acceptors (Lipinski definition) is 4. The minimum Gasteiger partial charge on any atom is -0.384 e. The third-order valence-electron chi connectivity index (χ3n) is 3.84. The fourth-order valence-corrected chi connectivity index (χ4v) is 2.63. The zero-order valence-electron chi connectivity index (χ0n) is 12.5. The van der Waals surface area contributed by atoms with Gasteiger partial charge < -0.3 is 15.2 Å². The van der Waals surface area contributed by atoms with E-state index >= 15 is 0 Å². The predicted molar refractivity (Wildman–Crippen MR) is 79.5 cm³/mol. The largest absolute Gasteiger partial charge is 0.384 e. The Morgan fingerprint density at radius 3 is 2.76 bits per heavy atom. The van der Waals surface area contributed by atoms with Crippen molar-refractivity contribution >= 4 is 11.7 Å². The number of nitrogens with one attached hydrogen (secondary N) is 1. The summed E-state index contributed by atoms with van der Waals surface area (Å²) in [6, 6.07) is 5.21. The summed E-state index contributed by atoms with van der Waals surface area (Å²) in [6.45, 7) is 5.71. The Morgan fingerprint density at radius 2 is 2.14 bits per heavy atom. The molecule has 0 saturated carbocycles. The summed E-state index contributed by atoms with van der Waals surface area (Å²) in [6.07, 6.45) is -0.0298. The molecule has 0 spiro atoms. The molecule has 2 N–H and O–H groups in total. The lowest BCUT2D eigenvalue weighted by molar-refractivity contribution is -0.122. The lowest BCUT2D eigenvalue weighted by atomic mass is 9.89. The maximum atomic E-state index is 12.4. The average Bonchev–Trinajstić information content (AvgIpc) is 2.70. The molecule has 1 fully saturated rings. The molecule has 2 heterocycles. The molecule has 4 unspecified atom stereocenters. The number of aromatic nitrogens is 1.